The standard InChI is InChI=1S/C12H18N2O3/c1-8-3-4-11(9(2)5-8)14-12(17)13-6-10(16)7-15/h3-5,10,15-16H,6-7H2,1-2H3,(H2,13,14,17). The Labute approximate surface area is 100 Å². The maximum absolute atomic E-state index is 11.5. The van der Waals surface area contributed by atoms with Crippen LogP contribution in [-0.4, -0.2) is 35.5 Å². The molecule has 0 spiro atoms. The van der Waals surface area contributed by atoms with Gasteiger partial charge in [-0.1, -0.05) is 17.7 Å². The molecule has 2 amide bonds. The van der Waals surface area contributed by atoms with Gasteiger partial charge in [-0.05, 0) is 25.5 Å². The molecule has 0 aromatic heterocycles. The highest BCUT2D eigenvalue weighted by Gasteiger charge is 2.06. The molecule has 0 saturated heterocycles. The Hall–Kier alpha value is -1.59. The SMILES string of the molecule is Cc1ccc(NC(=O)NCC(O)CO)c(C)c1. The summed E-state index contributed by atoms with van der Waals surface area (Å²) in [5.41, 5.74) is 2.83. The molecule has 1 rings (SSSR count). The van der Waals surface area contributed by atoms with E-state index in [-0.39, 0.29) is 13.2 Å². The fraction of sp³-hybridized carbons (Fsp3) is 0.417. The van der Waals surface area contributed by atoms with Crippen molar-refractivity contribution in [2.75, 3.05) is 18.5 Å². The van der Waals surface area contributed by atoms with Crippen molar-refractivity contribution in [3.63, 3.8) is 0 Å². The molecule has 0 aliphatic carbocycles. The van der Waals surface area contributed by atoms with E-state index in [0.717, 1.165) is 16.8 Å². The summed E-state index contributed by atoms with van der Waals surface area (Å²) in [6.07, 6.45) is -0.931. The molecule has 0 bridgehead atoms. The second kappa shape index (κ2) is 6.22. The van der Waals surface area contributed by atoms with Gasteiger partial charge in [-0.3, -0.25) is 0 Å². The van der Waals surface area contributed by atoms with Gasteiger partial charge in [-0.2, -0.15) is 0 Å². The molecule has 0 heterocycles. The van der Waals surface area contributed by atoms with Crippen molar-refractivity contribution >= 4 is 11.7 Å². The fourth-order valence-corrected chi connectivity index (χ4v) is 1.40. The largest absolute Gasteiger partial charge is 0.394 e. The van der Waals surface area contributed by atoms with Crippen LogP contribution in [0.15, 0.2) is 18.2 Å². The minimum absolute atomic E-state index is 0.0211. The molecular formula is C12H18N2O3. The van der Waals surface area contributed by atoms with E-state index in [1.54, 1.807) is 0 Å². The molecule has 0 fully saturated rings. The Morgan fingerprint density at radius 1 is 1.41 bits per heavy atom. The highest BCUT2D eigenvalue weighted by atomic mass is 16.3. The van der Waals surface area contributed by atoms with Crippen LogP contribution in [0.5, 0.6) is 0 Å². The molecule has 1 atom stereocenters. The first-order valence-electron chi connectivity index (χ1n) is 5.44. The predicted octanol–water partition coefficient (Wildman–Crippen LogP) is 0.778. The summed E-state index contributed by atoms with van der Waals surface area (Å²) >= 11 is 0. The van der Waals surface area contributed by atoms with Crippen LogP contribution in [0.25, 0.3) is 0 Å². The van der Waals surface area contributed by atoms with Crippen molar-refractivity contribution in [2.45, 2.75) is 20.0 Å². The van der Waals surface area contributed by atoms with Gasteiger partial charge < -0.3 is 20.8 Å². The van der Waals surface area contributed by atoms with Crippen LogP contribution in [0.3, 0.4) is 0 Å². The van der Waals surface area contributed by atoms with Crippen molar-refractivity contribution in [1.82, 2.24) is 5.32 Å². The number of carbonyl (C=O) groups excluding carboxylic acids is 1. The monoisotopic (exact) mass is 238 g/mol. The minimum atomic E-state index is -0.931. The number of hydrogen-bond acceptors (Lipinski definition) is 3. The van der Waals surface area contributed by atoms with E-state index in [1.807, 2.05) is 32.0 Å². The Kier molecular flexibility index (Phi) is 4.93. The zero-order valence-corrected chi connectivity index (χ0v) is 10.0. The van der Waals surface area contributed by atoms with Crippen molar-refractivity contribution < 1.29 is 15.0 Å². The first kappa shape index (κ1) is 13.5. The Morgan fingerprint density at radius 3 is 2.71 bits per heavy atom. The zero-order valence-electron chi connectivity index (χ0n) is 10.0. The number of carbonyl (C=O) groups is 1. The van der Waals surface area contributed by atoms with Crippen LogP contribution >= 0.6 is 0 Å². The number of anilines is 1. The fourth-order valence-electron chi connectivity index (χ4n) is 1.40. The average molecular weight is 238 g/mol. The van der Waals surface area contributed by atoms with E-state index in [0.29, 0.717) is 0 Å². The van der Waals surface area contributed by atoms with Crippen molar-refractivity contribution in [3.05, 3.63) is 29.3 Å². The summed E-state index contributed by atoms with van der Waals surface area (Å²) in [7, 11) is 0. The molecule has 0 aliphatic heterocycles. The summed E-state index contributed by atoms with van der Waals surface area (Å²) in [6.45, 7) is 3.54. The topological polar surface area (TPSA) is 81.6 Å². The number of aliphatic hydroxyl groups is 2. The van der Waals surface area contributed by atoms with Crippen LogP contribution in [0.4, 0.5) is 10.5 Å². The second-order valence-corrected chi connectivity index (χ2v) is 3.99. The molecule has 5 nitrogen and oxygen atoms in total. The maximum atomic E-state index is 11.5. The lowest BCUT2D eigenvalue weighted by Gasteiger charge is -2.12. The van der Waals surface area contributed by atoms with E-state index >= 15 is 0 Å². The van der Waals surface area contributed by atoms with E-state index in [1.165, 1.54) is 0 Å². The number of aryl methyl sites for hydroxylation is 2. The van der Waals surface area contributed by atoms with Gasteiger partial charge in [0.05, 0.1) is 12.7 Å². The molecule has 1 aromatic rings. The van der Waals surface area contributed by atoms with Crippen molar-refractivity contribution in [3.8, 4) is 0 Å². The first-order chi connectivity index (χ1) is 8.02. The summed E-state index contributed by atoms with van der Waals surface area (Å²) in [6, 6.07) is 5.31. The number of aliphatic hydroxyl groups excluding tert-OH is 2. The van der Waals surface area contributed by atoms with E-state index in [4.69, 9.17) is 10.2 Å². The van der Waals surface area contributed by atoms with Gasteiger partial charge in [0.2, 0.25) is 0 Å². The smallest absolute Gasteiger partial charge is 0.319 e. The van der Waals surface area contributed by atoms with Crippen LogP contribution in [0, 0.1) is 13.8 Å². The molecule has 0 radical (unpaired) electrons. The van der Waals surface area contributed by atoms with Crippen LogP contribution in [0.2, 0.25) is 0 Å². The molecule has 0 aliphatic rings. The number of urea groups is 1. The Bertz CT molecular complexity index is 393. The van der Waals surface area contributed by atoms with Gasteiger partial charge in [-0.15, -0.1) is 0 Å². The van der Waals surface area contributed by atoms with Gasteiger partial charge in [0.25, 0.3) is 0 Å². The summed E-state index contributed by atoms with van der Waals surface area (Å²) < 4.78 is 0. The Balaban J connectivity index is 2.50. The van der Waals surface area contributed by atoms with Crippen LogP contribution in [-0.2, 0) is 0 Å². The molecule has 4 N–H and O–H groups in total. The third kappa shape index (κ3) is 4.42. The van der Waals surface area contributed by atoms with Crippen LogP contribution < -0.4 is 10.6 Å². The normalized spacial score (nSPS) is 12.0. The minimum Gasteiger partial charge on any atom is -0.394 e. The molecule has 1 aromatic carbocycles. The lowest BCUT2D eigenvalue weighted by molar-refractivity contribution is 0.0965. The predicted molar refractivity (Wildman–Crippen MR) is 66.0 cm³/mol. The van der Waals surface area contributed by atoms with Gasteiger partial charge in [0.1, 0.15) is 0 Å². The zero-order chi connectivity index (χ0) is 12.8. The van der Waals surface area contributed by atoms with E-state index in [2.05, 4.69) is 10.6 Å². The number of amides is 2. The average Bonchev–Trinajstić information content (AvgIpc) is 2.29. The summed E-state index contributed by atoms with van der Waals surface area (Å²) in [4.78, 5) is 11.5. The van der Waals surface area contributed by atoms with Gasteiger partial charge >= 0.3 is 6.03 Å². The number of nitrogens with one attached hydrogen (secondary N) is 2. The highest BCUT2D eigenvalue weighted by Crippen LogP contribution is 2.15. The molecule has 5 heteroatoms. The van der Waals surface area contributed by atoms with Gasteiger partial charge in [0, 0.05) is 12.2 Å². The quantitative estimate of drug-likeness (QED) is 0.625. The molecule has 94 valence electrons. The van der Waals surface area contributed by atoms with Crippen molar-refractivity contribution in [1.29, 1.82) is 0 Å². The Morgan fingerprint density at radius 2 is 2.12 bits per heavy atom. The number of benzene rings is 1. The second-order valence-electron chi connectivity index (χ2n) is 3.99. The third-order valence-corrected chi connectivity index (χ3v) is 2.34. The summed E-state index contributed by atoms with van der Waals surface area (Å²) in [5, 5.41) is 22.8. The lowest BCUT2D eigenvalue weighted by atomic mass is 10.1. The van der Waals surface area contributed by atoms with E-state index < -0.39 is 12.1 Å². The molecular weight excluding hydrogens is 220 g/mol. The van der Waals surface area contributed by atoms with E-state index in [9.17, 15) is 4.79 Å². The van der Waals surface area contributed by atoms with Crippen LogP contribution in [0.1, 0.15) is 11.1 Å². The molecule has 1 unspecified atom stereocenters. The molecule has 17 heavy (non-hydrogen) atoms. The summed E-state index contributed by atoms with van der Waals surface area (Å²) in [5.74, 6) is 0. The lowest BCUT2D eigenvalue weighted by Crippen LogP contribution is -2.36. The van der Waals surface area contributed by atoms with Gasteiger partial charge in [0.15, 0.2) is 0 Å². The van der Waals surface area contributed by atoms with Crippen molar-refractivity contribution in [2.24, 2.45) is 0 Å². The van der Waals surface area contributed by atoms with Gasteiger partial charge in [-0.25, -0.2) is 4.79 Å². The maximum Gasteiger partial charge on any atom is 0.319 e. The third-order valence-electron chi connectivity index (χ3n) is 2.34. The number of hydrogen-bond donors (Lipinski definition) is 4. The molecule has 0 saturated carbocycles. The number of rotatable bonds is 4. The highest BCUT2D eigenvalue weighted by molar-refractivity contribution is 5.90. The first-order valence-corrected chi connectivity index (χ1v) is 5.44.